The van der Waals surface area contributed by atoms with Crippen LogP contribution in [0.3, 0.4) is 0 Å². The second-order valence-electron chi connectivity index (χ2n) is 5.73. The average Bonchev–Trinajstić information content (AvgIpc) is 2.88. The van der Waals surface area contributed by atoms with E-state index in [-0.39, 0.29) is 4.87 Å². The first-order valence-electron chi connectivity index (χ1n) is 6.72. The van der Waals surface area contributed by atoms with Gasteiger partial charge >= 0.3 is 0 Å². The van der Waals surface area contributed by atoms with Crippen molar-refractivity contribution in [3.05, 3.63) is 47.5 Å². The van der Waals surface area contributed by atoms with Gasteiger partial charge in [-0.2, -0.15) is 0 Å². The zero-order chi connectivity index (χ0) is 13.8. The lowest BCUT2D eigenvalue weighted by Crippen LogP contribution is -2.49. The fourth-order valence-electron chi connectivity index (χ4n) is 3.04. The summed E-state index contributed by atoms with van der Waals surface area (Å²) in [4.78, 5) is 3.83. The predicted octanol–water partition coefficient (Wildman–Crippen LogP) is 3.68. The molecule has 1 aromatic carbocycles. The number of halogens is 2. The number of benzene rings is 1. The van der Waals surface area contributed by atoms with Gasteiger partial charge in [0.2, 0.25) is 0 Å². The Bertz CT molecular complexity index is 652. The second kappa shape index (κ2) is 4.15. The number of nitrogens with zero attached hydrogens (tertiary/aromatic N) is 2. The first-order chi connectivity index (χ1) is 9.60. The lowest BCUT2D eigenvalue weighted by molar-refractivity contribution is 0.0614. The van der Waals surface area contributed by atoms with Crippen molar-refractivity contribution < 1.29 is 4.74 Å². The number of aromatic nitrogens is 2. The number of fused-ring (bicyclic) bond motifs is 1. The van der Waals surface area contributed by atoms with Crippen molar-refractivity contribution in [1.29, 1.82) is 0 Å². The highest BCUT2D eigenvalue weighted by Gasteiger charge is 2.62. The van der Waals surface area contributed by atoms with Crippen LogP contribution < -0.4 is 4.74 Å². The van der Waals surface area contributed by atoms with Crippen LogP contribution in [0.15, 0.2) is 36.9 Å². The highest BCUT2D eigenvalue weighted by atomic mass is 35.5. The molecule has 4 rings (SSSR count). The number of alkyl halides is 1. The van der Waals surface area contributed by atoms with Gasteiger partial charge in [0, 0.05) is 23.8 Å². The molecular formula is C15H14Cl2N2O. The van der Waals surface area contributed by atoms with Gasteiger partial charge in [0.15, 0.2) is 0 Å². The molecule has 1 unspecified atom stereocenters. The zero-order valence-corrected chi connectivity index (χ0v) is 12.4. The minimum atomic E-state index is -0.401. The molecule has 0 spiro atoms. The van der Waals surface area contributed by atoms with E-state index in [1.165, 1.54) is 5.56 Å². The number of hydrogen-bond donors (Lipinski definition) is 0. The van der Waals surface area contributed by atoms with Gasteiger partial charge in [0.1, 0.15) is 11.4 Å². The number of ether oxygens (including phenoxy) is 1. The Morgan fingerprint density at radius 1 is 1.35 bits per heavy atom. The van der Waals surface area contributed by atoms with E-state index in [9.17, 15) is 0 Å². The topological polar surface area (TPSA) is 27.1 Å². The summed E-state index contributed by atoms with van der Waals surface area (Å²) in [6, 6.07) is 5.83. The molecule has 0 amide bonds. The van der Waals surface area contributed by atoms with E-state index >= 15 is 0 Å². The van der Waals surface area contributed by atoms with Crippen LogP contribution in [0.4, 0.5) is 0 Å². The van der Waals surface area contributed by atoms with Gasteiger partial charge < -0.3 is 9.30 Å². The molecular weight excluding hydrogens is 295 g/mol. The number of imidazole rings is 1. The summed E-state index contributed by atoms with van der Waals surface area (Å²) in [5, 5.41) is 0.696. The first-order valence-corrected chi connectivity index (χ1v) is 7.48. The van der Waals surface area contributed by atoms with Crippen LogP contribution >= 0.6 is 23.2 Å². The Hall–Kier alpha value is -1.19. The molecule has 104 valence electrons. The largest absolute Gasteiger partial charge is 0.483 e. The van der Waals surface area contributed by atoms with E-state index in [0.29, 0.717) is 11.6 Å². The van der Waals surface area contributed by atoms with Crippen LogP contribution in [0.5, 0.6) is 5.75 Å². The number of rotatable bonds is 3. The molecule has 5 heteroatoms. The maximum atomic E-state index is 6.76. The van der Waals surface area contributed by atoms with Crippen molar-refractivity contribution in [1.82, 2.24) is 9.55 Å². The minimum Gasteiger partial charge on any atom is -0.483 e. The molecule has 2 aliphatic rings. The molecule has 0 radical (unpaired) electrons. The van der Waals surface area contributed by atoms with Crippen molar-refractivity contribution in [3.63, 3.8) is 0 Å². The van der Waals surface area contributed by atoms with Gasteiger partial charge in [-0.15, -0.1) is 11.6 Å². The Morgan fingerprint density at radius 3 is 2.90 bits per heavy atom. The maximum Gasteiger partial charge on any atom is 0.150 e. The monoisotopic (exact) mass is 308 g/mol. The Labute approximate surface area is 127 Å². The van der Waals surface area contributed by atoms with Crippen LogP contribution in [-0.4, -0.2) is 20.0 Å². The van der Waals surface area contributed by atoms with Crippen molar-refractivity contribution in [2.24, 2.45) is 0 Å². The molecule has 2 heterocycles. The molecule has 0 saturated heterocycles. The normalized spacial score (nSPS) is 26.1. The Kier molecular flexibility index (Phi) is 2.60. The summed E-state index contributed by atoms with van der Waals surface area (Å²) in [6.45, 7) is 0.711. The van der Waals surface area contributed by atoms with Crippen LogP contribution in [0.2, 0.25) is 5.02 Å². The number of hydrogen-bond acceptors (Lipinski definition) is 2. The summed E-state index contributed by atoms with van der Waals surface area (Å²) in [6.07, 6.45) is 8.34. The third-order valence-corrected chi connectivity index (χ3v) is 5.27. The van der Waals surface area contributed by atoms with Crippen LogP contribution in [0.1, 0.15) is 18.4 Å². The van der Waals surface area contributed by atoms with Gasteiger partial charge in [0.25, 0.3) is 0 Å². The third kappa shape index (κ3) is 1.84. The predicted molar refractivity (Wildman–Crippen MR) is 78.6 cm³/mol. The lowest BCUT2D eigenvalue weighted by Gasteiger charge is -2.34. The van der Waals surface area contributed by atoms with Gasteiger partial charge in [-0.25, -0.2) is 4.98 Å². The molecule has 20 heavy (non-hydrogen) atoms. The fourth-order valence-corrected chi connectivity index (χ4v) is 3.47. The maximum absolute atomic E-state index is 6.76. The van der Waals surface area contributed by atoms with Gasteiger partial charge in [-0.3, -0.25) is 0 Å². The molecule has 1 aromatic heterocycles. The third-order valence-electron chi connectivity index (χ3n) is 4.31. The highest BCUT2D eigenvalue weighted by Crippen LogP contribution is 2.57. The highest BCUT2D eigenvalue weighted by molar-refractivity contribution is 6.30. The molecule has 1 atom stereocenters. The lowest BCUT2D eigenvalue weighted by atomic mass is 9.91. The Balaban J connectivity index is 1.72. The minimum absolute atomic E-state index is 0.275. The van der Waals surface area contributed by atoms with Gasteiger partial charge in [-0.05, 0) is 30.5 Å². The molecule has 3 nitrogen and oxygen atoms in total. The summed E-state index contributed by atoms with van der Waals surface area (Å²) >= 11 is 12.8. The van der Waals surface area contributed by atoms with Gasteiger partial charge in [-0.1, -0.05) is 17.7 Å². The SMILES string of the molecule is Clc1ccc2c(c1)OC(Cn1ccnc1)(C1(Cl)CC1)C2. The quantitative estimate of drug-likeness (QED) is 0.809. The van der Waals surface area contributed by atoms with E-state index < -0.39 is 5.60 Å². The van der Waals surface area contributed by atoms with E-state index in [1.807, 2.05) is 35.3 Å². The zero-order valence-electron chi connectivity index (χ0n) is 10.9. The van der Waals surface area contributed by atoms with Gasteiger partial charge in [0.05, 0.1) is 17.7 Å². The molecule has 1 aliphatic carbocycles. The van der Waals surface area contributed by atoms with Crippen LogP contribution in [0, 0.1) is 0 Å². The molecule has 2 aromatic rings. The van der Waals surface area contributed by atoms with E-state index in [1.54, 1.807) is 6.20 Å². The first kappa shape index (κ1) is 12.5. The van der Waals surface area contributed by atoms with Crippen molar-refractivity contribution in [2.45, 2.75) is 36.3 Å². The molecule has 1 aliphatic heterocycles. The van der Waals surface area contributed by atoms with E-state index in [4.69, 9.17) is 27.9 Å². The van der Waals surface area contributed by atoms with Crippen molar-refractivity contribution >= 4 is 23.2 Å². The summed E-state index contributed by atoms with van der Waals surface area (Å²) in [7, 11) is 0. The van der Waals surface area contributed by atoms with Crippen LogP contribution in [0.25, 0.3) is 0 Å². The standard InChI is InChI=1S/C15H14Cl2N2O/c16-12-2-1-11-8-15(14(17)3-4-14,20-13(11)7-12)9-19-6-5-18-10-19/h1-2,5-7,10H,3-4,8-9H2. The summed E-state index contributed by atoms with van der Waals surface area (Å²) < 4.78 is 8.35. The summed E-state index contributed by atoms with van der Waals surface area (Å²) in [5.74, 6) is 0.865. The molecule has 1 saturated carbocycles. The smallest absolute Gasteiger partial charge is 0.150 e. The second-order valence-corrected chi connectivity index (χ2v) is 6.89. The summed E-state index contributed by atoms with van der Waals surface area (Å²) in [5.41, 5.74) is 0.781. The molecule has 0 bridgehead atoms. The van der Waals surface area contributed by atoms with E-state index in [2.05, 4.69) is 4.98 Å². The van der Waals surface area contributed by atoms with Crippen LogP contribution in [-0.2, 0) is 13.0 Å². The average molecular weight is 309 g/mol. The van der Waals surface area contributed by atoms with Crippen molar-refractivity contribution in [3.8, 4) is 5.75 Å². The molecule has 1 fully saturated rings. The van der Waals surface area contributed by atoms with E-state index in [0.717, 1.165) is 25.0 Å². The fraction of sp³-hybridized carbons (Fsp3) is 0.400. The molecule has 0 N–H and O–H groups in total. The Morgan fingerprint density at radius 2 is 2.20 bits per heavy atom. The van der Waals surface area contributed by atoms with Crippen molar-refractivity contribution in [2.75, 3.05) is 0 Å².